The maximum atomic E-state index is 11.6. The molecule has 0 bridgehead atoms. The number of carbonyl (C=O) groups is 1. The fourth-order valence-corrected chi connectivity index (χ4v) is 2.83. The average molecular weight is 275 g/mol. The van der Waals surface area contributed by atoms with Crippen molar-refractivity contribution in [2.24, 2.45) is 5.92 Å². The highest BCUT2D eigenvalue weighted by atomic mass is 16.5. The highest BCUT2D eigenvalue weighted by Gasteiger charge is 2.40. The number of amides is 1. The van der Waals surface area contributed by atoms with Crippen LogP contribution in [-0.2, 0) is 11.2 Å². The molecule has 3 heteroatoms. The Kier molecular flexibility index (Phi) is 4.36. The Bertz CT molecular complexity index is 464. The number of rotatable bonds is 5. The van der Waals surface area contributed by atoms with Gasteiger partial charge in [-0.3, -0.25) is 4.79 Å². The molecule has 0 aromatic heterocycles. The molecule has 1 unspecified atom stereocenters. The average Bonchev–Trinajstić information content (AvgIpc) is 2.74. The van der Waals surface area contributed by atoms with Gasteiger partial charge in [-0.2, -0.15) is 0 Å². The van der Waals surface area contributed by atoms with Crippen LogP contribution < -0.4 is 10.1 Å². The van der Waals surface area contributed by atoms with Gasteiger partial charge in [0.05, 0.1) is 6.10 Å². The van der Waals surface area contributed by atoms with Crippen molar-refractivity contribution in [2.45, 2.75) is 58.6 Å². The SMILES string of the molecule is CC(C)Oc1ccc(CC2(C(C)C)CCC(=O)N2)cc1. The van der Waals surface area contributed by atoms with Gasteiger partial charge in [0.25, 0.3) is 0 Å². The van der Waals surface area contributed by atoms with Crippen LogP contribution in [0.5, 0.6) is 5.75 Å². The van der Waals surface area contributed by atoms with Crippen LogP contribution in [0.25, 0.3) is 0 Å². The Labute approximate surface area is 121 Å². The molecule has 1 saturated heterocycles. The molecule has 1 atom stereocenters. The molecule has 20 heavy (non-hydrogen) atoms. The molecule has 0 radical (unpaired) electrons. The highest BCUT2D eigenvalue weighted by Crippen LogP contribution is 2.32. The van der Waals surface area contributed by atoms with E-state index in [2.05, 4.69) is 31.3 Å². The van der Waals surface area contributed by atoms with E-state index in [1.165, 1.54) is 5.56 Å². The summed E-state index contributed by atoms with van der Waals surface area (Å²) in [5, 5.41) is 3.19. The summed E-state index contributed by atoms with van der Waals surface area (Å²) in [7, 11) is 0. The van der Waals surface area contributed by atoms with E-state index in [4.69, 9.17) is 4.74 Å². The van der Waals surface area contributed by atoms with E-state index in [0.29, 0.717) is 12.3 Å². The summed E-state index contributed by atoms with van der Waals surface area (Å²) in [5.74, 6) is 1.51. The van der Waals surface area contributed by atoms with Crippen molar-refractivity contribution in [2.75, 3.05) is 0 Å². The van der Waals surface area contributed by atoms with Gasteiger partial charge in [0.2, 0.25) is 5.91 Å². The maximum Gasteiger partial charge on any atom is 0.220 e. The number of benzene rings is 1. The Morgan fingerprint density at radius 1 is 1.20 bits per heavy atom. The zero-order valence-corrected chi connectivity index (χ0v) is 12.9. The third kappa shape index (κ3) is 3.33. The normalized spacial score (nSPS) is 22.4. The third-order valence-electron chi connectivity index (χ3n) is 4.11. The van der Waals surface area contributed by atoms with E-state index in [1.807, 2.05) is 26.0 Å². The zero-order valence-electron chi connectivity index (χ0n) is 12.9. The first-order chi connectivity index (χ1) is 9.41. The topological polar surface area (TPSA) is 38.3 Å². The Morgan fingerprint density at radius 3 is 2.30 bits per heavy atom. The molecule has 1 fully saturated rings. The molecule has 2 rings (SSSR count). The number of hydrogen-bond donors (Lipinski definition) is 1. The lowest BCUT2D eigenvalue weighted by atomic mass is 9.80. The third-order valence-corrected chi connectivity index (χ3v) is 4.11. The van der Waals surface area contributed by atoms with Crippen LogP contribution in [0.1, 0.15) is 46.1 Å². The van der Waals surface area contributed by atoms with Crippen molar-refractivity contribution in [3.63, 3.8) is 0 Å². The standard InChI is InChI=1S/C17H25NO2/c1-12(2)17(10-9-16(19)18-17)11-14-5-7-15(8-6-14)20-13(3)4/h5-8,12-13H,9-11H2,1-4H3,(H,18,19). The van der Waals surface area contributed by atoms with Crippen molar-refractivity contribution >= 4 is 5.91 Å². The molecule has 110 valence electrons. The first kappa shape index (κ1) is 14.9. The fraction of sp³-hybridized carbons (Fsp3) is 0.588. The zero-order chi connectivity index (χ0) is 14.8. The molecular weight excluding hydrogens is 250 g/mol. The molecule has 1 aliphatic heterocycles. The van der Waals surface area contributed by atoms with Gasteiger partial charge in [-0.05, 0) is 50.3 Å². The van der Waals surface area contributed by atoms with Crippen molar-refractivity contribution in [3.8, 4) is 5.75 Å². The smallest absolute Gasteiger partial charge is 0.220 e. The molecule has 1 aromatic rings. The van der Waals surface area contributed by atoms with Crippen LogP contribution in [0.4, 0.5) is 0 Å². The van der Waals surface area contributed by atoms with Gasteiger partial charge in [-0.1, -0.05) is 26.0 Å². The van der Waals surface area contributed by atoms with E-state index >= 15 is 0 Å². The lowest BCUT2D eigenvalue weighted by Crippen LogP contribution is -2.48. The summed E-state index contributed by atoms with van der Waals surface area (Å²) in [6.07, 6.45) is 2.65. The van der Waals surface area contributed by atoms with E-state index in [-0.39, 0.29) is 17.6 Å². The molecule has 1 N–H and O–H groups in total. The lowest BCUT2D eigenvalue weighted by Gasteiger charge is -2.33. The van der Waals surface area contributed by atoms with Gasteiger partial charge in [0, 0.05) is 12.0 Å². The minimum absolute atomic E-state index is 0.0858. The predicted octanol–water partition coefficient (Wildman–Crippen LogP) is 3.32. The van der Waals surface area contributed by atoms with Crippen LogP contribution in [0.15, 0.2) is 24.3 Å². The number of carbonyl (C=O) groups excluding carboxylic acids is 1. The highest BCUT2D eigenvalue weighted by molar-refractivity contribution is 5.79. The molecule has 0 aliphatic carbocycles. The van der Waals surface area contributed by atoms with E-state index < -0.39 is 0 Å². The summed E-state index contributed by atoms with van der Waals surface area (Å²) < 4.78 is 5.66. The van der Waals surface area contributed by atoms with Gasteiger partial charge < -0.3 is 10.1 Å². The van der Waals surface area contributed by atoms with Gasteiger partial charge in [0.1, 0.15) is 5.75 Å². The van der Waals surface area contributed by atoms with Gasteiger partial charge >= 0.3 is 0 Å². The molecular formula is C17H25NO2. The Balaban J connectivity index is 2.10. The van der Waals surface area contributed by atoms with E-state index in [1.54, 1.807) is 0 Å². The molecule has 0 spiro atoms. The van der Waals surface area contributed by atoms with Crippen molar-refractivity contribution in [1.29, 1.82) is 0 Å². The first-order valence-corrected chi connectivity index (χ1v) is 7.48. The monoisotopic (exact) mass is 275 g/mol. The van der Waals surface area contributed by atoms with Crippen molar-refractivity contribution in [3.05, 3.63) is 29.8 Å². The van der Waals surface area contributed by atoms with E-state index in [9.17, 15) is 4.79 Å². The summed E-state index contributed by atoms with van der Waals surface area (Å²) in [5.41, 5.74) is 1.16. The molecule has 0 saturated carbocycles. The van der Waals surface area contributed by atoms with Crippen LogP contribution >= 0.6 is 0 Å². The summed E-state index contributed by atoms with van der Waals surface area (Å²) in [4.78, 5) is 11.6. The Hall–Kier alpha value is -1.51. The second-order valence-corrected chi connectivity index (χ2v) is 6.35. The predicted molar refractivity (Wildman–Crippen MR) is 80.9 cm³/mol. The quantitative estimate of drug-likeness (QED) is 0.895. The molecule has 1 aliphatic rings. The molecule has 3 nitrogen and oxygen atoms in total. The molecule has 1 amide bonds. The van der Waals surface area contributed by atoms with Crippen LogP contribution in [-0.4, -0.2) is 17.6 Å². The van der Waals surface area contributed by atoms with E-state index in [0.717, 1.165) is 18.6 Å². The summed E-state index contributed by atoms with van der Waals surface area (Å²) in [6, 6.07) is 8.24. The van der Waals surface area contributed by atoms with Crippen LogP contribution in [0, 0.1) is 5.92 Å². The van der Waals surface area contributed by atoms with Gasteiger partial charge in [-0.25, -0.2) is 0 Å². The second-order valence-electron chi connectivity index (χ2n) is 6.35. The minimum Gasteiger partial charge on any atom is -0.491 e. The summed E-state index contributed by atoms with van der Waals surface area (Å²) >= 11 is 0. The largest absolute Gasteiger partial charge is 0.491 e. The number of hydrogen-bond acceptors (Lipinski definition) is 2. The fourth-order valence-electron chi connectivity index (χ4n) is 2.83. The maximum absolute atomic E-state index is 11.6. The summed E-state index contributed by atoms with van der Waals surface area (Å²) in [6.45, 7) is 8.41. The van der Waals surface area contributed by atoms with Crippen molar-refractivity contribution in [1.82, 2.24) is 5.32 Å². The minimum atomic E-state index is -0.0858. The molecule has 1 aromatic carbocycles. The lowest BCUT2D eigenvalue weighted by molar-refractivity contribution is -0.120. The molecule has 1 heterocycles. The van der Waals surface area contributed by atoms with Crippen LogP contribution in [0.2, 0.25) is 0 Å². The van der Waals surface area contributed by atoms with Crippen molar-refractivity contribution < 1.29 is 9.53 Å². The number of nitrogens with one attached hydrogen (secondary N) is 1. The number of ether oxygens (including phenoxy) is 1. The first-order valence-electron chi connectivity index (χ1n) is 7.48. The van der Waals surface area contributed by atoms with Crippen LogP contribution in [0.3, 0.4) is 0 Å². The Morgan fingerprint density at radius 2 is 1.85 bits per heavy atom. The second kappa shape index (κ2) is 5.86. The van der Waals surface area contributed by atoms with Gasteiger partial charge in [-0.15, -0.1) is 0 Å². The van der Waals surface area contributed by atoms with Gasteiger partial charge in [0.15, 0.2) is 0 Å².